The van der Waals surface area contributed by atoms with E-state index in [0.29, 0.717) is 5.69 Å². The van der Waals surface area contributed by atoms with Gasteiger partial charge in [-0.25, -0.2) is 4.79 Å². The maximum Gasteiger partial charge on any atom is 0.328 e. The summed E-state index contributed by atoms with van der Waals surface area (Å²) in [4.78, 5) is 35.3. The summed E-state index contributed by atoms with van der Waals surface area (Å²) in [7, 11) is 0. The monoisotopic (exact) mass is 399 g/mol. The van der Waals surface area contributed by atoms with Crippen molar-refractivity contribution in [3.05, 3.63) is 59.2 Å². The second-order valence-electron chi connectivity index (χ2n) is 6.83. The second kappa shape index (κ2) is 9.70. The standard InChI is InChI=1S/C21H25N3O5/c1-12-4-9-17(13(2)10-12)22-11-18(26)23-16-7-5-15(6-8-16)20(27)24-19(14(3)25)21(28)29/h4-10,14,19,22,25H,11H2,1-3H3,(H,23,26)(H,24,27)(H,28,29). The van der Waals surface area contributed by atoms with Crippen molar-refractivity contribution in [1.82, 2.24) is 5.32 Å². The molecule has 8 heteroatoms. The lowest BCUT2D eigenvalue weighted by atomic mass is 10.1. The Morgan fingerprint density at radius 1 is 1.03 bits per heavy atom. The zero-order valence-corrected chi connectivity index (χ0v) is 16.5. The fourth-order valence-electron chi connectivity index (χ4n) is 2.71. The molecule has 0 bridgehead atoms. The Labute approximate surface area is 168 Å². The Hall–Kier alpha value is -3.39. The molecule has 0 aliphatic rings. The summed E-state index contributed by atoms with van der Waals surface area (Å²) in [5.41, 5.74) is 3.78. The number of amides is 2. The topological polar surface area (TPSA) is 128 Å². The van der Waals surface area contributed by atoms with Crippen LogP contribution >= 0.6 is 0 Å². The molecule has 2 aromatic rings. The maximum absolute atomic E-state index is 12.1. The highest BCUT2D eigenvalue weighted by Gasteiger charge is 2.25. The largest absolute Gasteiger partial charge is 0.480 e. The number of carbonyl (C=O) groups is 3. The van der Waals surface area contributed by atoms with Gasteiger partial charge in [0.05, 0.1) is 12.6 Å². The highest BCUT2D eigenvalue weighted by molar-refractivity contribution is 5.98. The van der Waals surface area contributed by atoms with E-state index in [1.165, 1.54) is 19.1 Å². The van der Waals surface area contributed by atoms with E-state index in [2.05, 4.69) is 16.0 Å². The molecule has 0 saturated carbocycles. The third-order valence-corrected chi connectivity index (χ3v) is 4.29. The van der Waals surface area contributed by atoms with Crippen LogP contribution in [0.1, 0.15) is 28.4 Å². The van der Waals surface area contributed by atoms with Crippen LogP contribution in [0.3, 0.4) is 0 Å². The summed E-state index contributed by atoms with van der Waals surface area (Å²) in [6, 6.07) is 10.5. The molecule has 29 heavy (non-hydrogen) atoms. The molecule has 0 aliphatic carbocycles. The lowest BCUT2D eigenvalue weighted by Gasteiger charge is -2.17. The van der Waals surface area contributed by atoms with Crippen molar-refractivity contribution >= 4 is 29.2 Å². The van der Waals surface area contributed by atoms with Crippen molar-refractivity contribution in [2.75, 3.05) is 17.2 Å². The molecule has 0 heterocycles. The minimum Gasteiger partial charge on any atom is -0.480 e. The van der Waals surface area contributed by atoms with Gasteiger partial charge in [-0.1, -0.05) is 17.7 Å². The number of aryl methyl sites for hydroxylation is 2. The molecule has 2 atom stereocenters. The normalized spacial score (nSPS) is 12.6. The third-order valence-electron chi connectivity index (χ3n) is 4.29. The van der Waals surface area contributed by atoms with Crippen LogP contribution in [0, 0.1) is 13.8 Å². The Kier molecular flexibility index (Phi) is 7.33. The van der Waals surface area contributed by atoms with Crippen LogP contribution in [0.5, 0.6) is 0 Å². The molecule has 0 saturated heterocycles. The SMILES string of the molecule is Cc1ccc(NCC(=O)Nc2ccc(C(=O)NC(C(=O)O)C(C)O)cc2)c(C)c1. The number of hydrogen-bond donors (Lipinski definition) is 5. The molecule has 0 radical (unpaired) electrons. The van der Waals surface area contributed by atoms with Crippen LogP contribution in [0.4, 0.5) is 11.4 Å². The molecule has 8 nitrogen and oxygen atoms in total. The average molecular weight is 399 g/mol. The van der Waals surface area contributed by atoms with E-state index in [9.17, 15) is 19.5 Å². The third kappa shape index (κ3) is 6.32. The number of hydrogen-bond acceptors (Lipinski definition) is 5. The second-order valence-corrected chi connectivity index (χ2v) is 6.83. The van der Waals surface area contributed by atoms with Crippen LogP contribution in [-0.2, 0) is 9.59 Å². The molecule has 2 aromatic carbocycles. The minimum absolute atomic E-state index is 0.0841. The van der Waals surface area contributed by atoms with Gasteiger partial charge in [0.25, 0.3) is 5.91 Å². The van der Waals surface area contributed by atoms with E-state index in [0.717, 1.165) is 16.8 Å². The fourth-order valence-corrected chi connectivity index (χ4v) is 2.71. The summed E-state index contributed by atoms with van der Waals surface area (Å²) >= 11 is 0. The lowest BCUT2D eigenvalue weighted by Crippen LogP contribution is -2.47. The van der Waals surface area contributed by atoms with E-state index in [4.69, 9.17) is 5.11 Å². The molecule has 0 spiro atoms. The summed E-state index contributed by atoms with van der Waals surface area (Å²) in [6.07, 6.45) is -1.24. The summed E-state index contributed by atoms with van der Waals surface area (Å²) in [6.45, 7) is 5.33. The van der Waals surface area contributed by atoms with Crippen molar-refractivity contribution < 1.29 is 24.6 Å². The van der Waals surface area contributed by atoms with Crippen molar-refractivity contribution in [3.8, 4) is 0 Å². The van der Waals surface area contributed by atoms with Crippen molar-refractivity contribution in [2.45, 2.75) is 32.9 Å². The number of aliphatic carboxylic acids is 1. The van der Waals surface area contributed by atoms with Crippen LogP contribution < -0.4 is 16.0 Å². The van der Waals surface area contributed by atoms with Crippen molar-refractivity contribution in [1.29, 1.82) is 0 Å². The van der Waals surface area contributed by atoms with Crippen LogP contribution in [0.25, 0.3) is 0 Å². The molecule has 154 valence electrons. The zero-order chi connectivity index (χ0) is 21.6. The Morgan fingerprint density at radius 3 is 2.24 bits per heavy atom. The molecule has 0 aliphatic heterocycles. The van der Waals surface area contributed by atoms with Gasteiger partial charge in [0, 0.05) is 16.9 Å². The molecular formula is C21H25N3O5. The predicted molar refractivity (Wildman–Crippen MR) is 110 cm³/mol. The van der Waals surface area contributed by atoms with Crippen molar-refractivity contribution in [2.24, 2.45) is 0 Å². The molecule has 2 amide bonds. The predicted octanol–water partition coefficient (Wildman–Crippen LogP) is 1.92. The lowest BCUT2D eigenvalue weighted by molar-refractivity contribution is -0.141. The van der Waals surface area contributed by atoms with Gasteiger partial charge in [-0.05, 0) is 56.7 Å². The van der Waals surface area contributed by atoms with Gasteiger partial charge in [0.1, 0.15) is 0 Å². The number of carboxylic acid groups (broad SMARTS) is 1. The number of anilines is 2. The summed E-state index contributed by atoms with van der Waals surface area (Å²) < 4.78 is 0. The Balaban J connectivity index is 1.91. The average Bonchev–Trinajstić information content (AvgIpc) is 2.65. The first-order valence-electron chi connectivity index (χ1n) is 9.10. The van der Waals surface area contributed by atoms with Gasteiger partial charge >= 0.3 is 5.97 Å². The highest BCUT2D eigenvalue weighted by Crippen LogP contribution is 2.16. The van der Waals surface area contributed by atoms with Crippen LogP contribution in [-0.4, -0.2) is 46.7 Å². The number of aliphatic hydroxyl groups is 1. The smallest absolute Gasteiger partial charge is 0.328 e. The maximum atomic E-state index is 12.1. The summed E-state index contributed by atoms with van der Waals surface area (Å²) in [5.74, 6) is -2.21. The number of carbonyl (C=O) groups excluding carboxylic acids is 2. The number of rotatable bonds is 8. The number of aliphatic hydroxyl groups excluding tert-OH is 1. The minimum atomic E-state index is -1.40. The molecule has 2 unspecified atom stereocenters. The van der Waals surface area contributed by atoms with Gasteiger partial charge in [0.2, 0.25) is 5.91 Å². The van der Waals surface area contributed by atoms with Crippen LogP contribution in [0.15, 0.2) is 42.5 Å². The molecule has 0 aromatic heterocycles. The zero-order valence-electron chi connectivity index (χ0n) is 16.5. The van der Waals surface area contributed by atoms with E-state index < -0.39 is 24.0 Å². The van der Waals surface area contributed by atoms with Crippen LogP contribution in [0.2, 0.25) is 0 Å². The first-order valence-corrected chi connectivity index (χ1v) is 9.10. The van der Waals surface area contributed by atoms with Gasteiger partial charge < -0.3 is 26.2 Å². The number of nitrogens with one attached hydrogen (secondary N) is 3. The molecule has 5 N–H and O–H groups in total. The van der Waals surface area contributed by atoms with E-state index in [1.54, 1.807) is 12.1 Å². The highest BCUT2D eigenvalue weighted by atomic mass is 16.4. The van der Waals surface area contributed by atoms with Crippen molar-refractivity contribution in [3.63, 3.8) is 0 Å². The van der Waals surface area contributed by atoms with E-state index >= 15 is 0 Å². The summed E-state index contributed by atoms with van der Waals surface area (Å²) in [5, 5.41) is 26.5. The molecule has 2 rings (SSSR count). The number of carboxylic acids is 1. The van der Waals surface area contributed by atoms with E-state index in [1.807, 2.05) is 32.0 Å². The Bertz CT molecular complexity index is 894. The first-order chi connectivity index (χ1) is 13.7. The number of benzene rings is 2. The fraction of sp³-hybridized carbons (Fsp3) is 0.286. The first kappa shape index (κ1) is 21.9. The van der Waals surface area contributed by atoms with Gasteiger partial charge in [-0.2, -0.15) is 0 Å². The molecular weight excluding hydrogens is 374 g/mol. The quantitative estimate of drug-likeness (QED) is 0.461. The van der Waals surface area contributed by atoms with E-state index in [-0.39, 0.29) is 18.0 Å². The Morgan fingerprint density at radius 2 is 1.69 bits per heavy atom. The van der Waals surface area contributed by atoms with Gasteiger partial charge in [0.15, 0.2) is 6.04 Å². The van der Waals surface area contributed by atoms with Gasteiger partial charge in [-0.15, -0.1) is 0 Å². The molecule has 0 fully saturated rings. The van der Waals surface area contributed by atoms with Gasteiger partial charge in [-0.3, -0.25) is 9.59 Å².